The van der Waals surface area contributed by atoms with Crippen molar-refractivity contribution in [3.05, 3.63) is 58.9 Å². The summed E-state index contributed by atoms with van der Waals surface area (Å²) in [7, 11) is 0. The van der Waals surface area contributed by atoms with Crippen LogP contribution in [0.3, 0.4) is 0 Å². The molecule has 1 aliphatic rings. The second kappa shape index (κ2) is 4.56. The Kier molecular flexibility index (Phi) is 2.86. The summed E-state index contributed by atoms with van der Waals surface area (Å²) in [6.45, 7) is 4.18. The molecule has 2 heterocycles. The van der Waals surface area contributed by atoms with Crippen LogP contribution < -0.4 is 4.90 Å². The molecule has 20 heavy (non-hydrogen) atoms. The number of nitrogens with zero attached hydrogens (tertiary/aromatic N) is 2. The summed E-state index contributed by atoms with van der Waals surface area (Å²) < 4.78 is 0. The van der Waals surface area contributed by atoms with Crippen molar-refractivity contribution in [3.63, 3.8) is 0 Å². The highest BCUT2D eigenvalue weighted by Crippen LogP contribution is 2.33. The number of para-hydroxylation sites is 1. The van der Waals surface area contributed by atoms with Crippen molar-refractivity contribution in [2.75, 3.05) is 4.90 Å². The SMILES string of the molecule is Cc1cccnc1CN1C(=O)C(=O)c2cccc(C)c21. The fourth-order valence-corrected chi connectivity index (χ4v) is 2.52. The minimum atomic E-state index is -0.473. The standard InChI is InChI=1S/C16H14N2O2/c1-10-6-4-8-17-13(10)9-18-14-11(2)5-3-7-12(14)15(19)16(18)20/h3-8H,9H2,1-2H3. The molecule has 2 aromatic rings. The van der Waals surface area contributed by atoms with Crippen LogP contribution in [-0.4, -0.2) is 16.7 Å². The van der Waals surface area contributed by atoms with Crippen LogP contribution in [0, 0.1) is 13.8 Å². The number of ketones is 1. The number of aromatic nitrogens is 1. The van der Waals surface area contributed by atoms with Crippen molar-refractivity contribution < 1.29 is 9.59 Å². The van der Waals surface area contributed by atoms with Crippen LogP contribution in [0.15, 0.2) is 36.5 Å². The predicted molar refractivity (Wildman–Crippen MR) is 75.7 cm³/mol. The molecule has 4 heteroatoms. The quantitative estimate of drug-likeness (QED) is 0.784. The third kappa shape index (κ3) is 1.81. The number of Topliss-reactive ketones (excluding diaryl/α,β-unsaturated/α-hetero) is 1. The summed E-state index contributed by atoms with van der Waals surface area (Å²) >= 11 is 0. The molecule has 0 aliphatic carbocycles. The Labute approximate surface area is 117 Å². The van der Waals surface area contributed by atoms with E-state index in [1.54, 1.807) is 18.3 Å². The maximum Gasteiger partial charge on any atom is 0.299 e. The third-order valence-electron chi connectivity index (χ3n) is 3.62. The topological polar surface area (TPSA) is 50.3 Å². The first-order valence-electron chi connectivity index (χ1n) is 6.46. The Morgan fingerprint density at radius 2 is 1.80 bits per heavy atom. The van der Waals surface area contributed by atoms with E-state index in [0.29, 0.717) is 17.8 Å². The highest BCUT2D eigenvalue weighted by atomic mass is 16.2. The van der Waals surface area contributed by atoms with Crippen LogP contribution in [-0.2, 0) is 11.3 Å². The van der Waals surface area contributed by atoms with E-state index in [1.165, 1.54) is 4.90 Å². The molecule has 4 nitrogen and oxygen atoms in total. The van der Waals surface area contributed by atoms with Gasteiger partial charge in [-0.25, -0.2) is 0 Å². The molecule has 0 fully saturated rings. The van der Waals surface area contributed by atoms with Crippen molar-refractivity contribution in [3.8, 4) is 0 Å². The molecule has 0 radical (unpaired) electrons. The van der Waals surface area contributed by atoms with Crippen LogP contribution in [0.1, 0.15) is 27.2 Å². The van der Waals surface area contributed by atoms with Gasteiger partial charge in [-0.2, -0.15) is 0 Å². The number of fused-ring (bicyclic) bond motifs is 1. The zero-order valence-electron chi connectivity index (χ0n) is 11.4. The predicted octanol–water partition coefficient (Wildman–Crippen LogP) is 2.43. The Hall–Kier alpha value is -2.49. The van der Waals surface area contributed by atoms with Crippen LogP contribution in [0.4, 0.5) is 5.69 Å². The van der Waals surface area contributed by atoms with Crippen LogP contribution >= 0.6 is 0 Å². The number of carbonyl (C=O) groups excluding carboxylic acids is 2. The number of hydrogen-bond donors (Lipinski definition) is 0. The van der Waals surface area contributed by atoms with E-state index in [2.05, 4.69) is 4.98 Å². The molecule has 0 N–H and O–H groups in total. The molecule has 0 unspecified atom stereocenters. The number of pyridine rings is 1. The lowest BCUT2D eigenvalue weighted by Gasteiger charge is -2.18. The number of rotatable bonds is 2. The summed E-state index contributed by atoms with van der Waals surface area (Å²) in [6.07, 6.45) is 1.70. The normalized spacial score (nSPS) is 13.8. The van der Waals surface area contributed by atoms with E-state index in [-0.39, 0.29) is 0 Å². The molecule has 0 bridgehead atoms. The average molecular weight is 266 g/mol. The van der Waals surface area contributed by atoms with Crippen molar-refractivity contribution in [1.82, 2.24) is 4.98 Å². The Morgan fingerprint density at radius 1 is 1.05 bits per heavy atom. The molecule has 1 aromatic heterocycles. The highest BCUT2D eigenvalue weighted by Gasteiger charge is 2.36. The molecule has 1 aliphatic heterocycles. The Morgan fingerprint density at radius 3 is 2.55 bits per heavy atom. The van der Waals surface area contributed by atoms with Gasteiger partial charge in [-0.15, -0.1) is 0 Å². The van der Waals surface area contributed by atoms with Gasteiger partial charge in [-0.3, -0.25) is 19.5 Å². The van der Waals surface area contributed by atoms with Gasteiger partial charge in [-0.05, 0) is 37.1 Å². The van der Waals surface area contributed by atoms with E-state index in [9.17, 15) is 9.59 Å². The zero-order valence-corrected chi connectivity index (χ0v) is 11.4. The summed E-state index contributed by atoms with van der Waals surface area (Å²) in [4.78, 5) is 30.0. The van der Waals surface area contributed by atoms with Gasteiger partial charge in [0, 0.05) is 6.20 Å². The van der Waals surface area contributed by atoms with Crippen LogP contribution in [0.2, 0.25) is 0 Å². The van der Waals surface area contributed by atoms with E-state index >= 15 is 0 Å². The van der Waals surface area contributed by atoms with Crippen molar-refractivity contribution in [1.29, 1.82) is 0 Å². The van der Waals surface area contributed by atoms with Gasteiger partial charge in [0.05, 0.1) is 23.5 Å². The molecular formula is C16H14N2O2. The van der Waals surface area contributed by atoms with E-state index < -0.39 is 11.7 Å². The zero-order chi connectivity index (χ0) is 14.3. The van der Waals surface area contributed by atoms with Crippen LogP contribution in [0.5, 0.6) is 0 Å². The van der Waals surface area contributed by atoms with E-state index in [4.69, 9.17) is 0 Å². The molecule has 100 valence electrons. The summed E-state index contributed by atoms with van der Waals surface area (Å²) in [5.74, 6) is -0.906. The summed E-state index contributed by atoms with van der Waals surface area (Å²) in [6, 6.07) is 9.21. The minimum Gasteiger partial charge on any atom is -0.298 e. The molecule has 0 saturated carbocycles. The largest absolute Gasteiger partial charge is 0.299 e. The van der Waals surface area contributed by atoms with Gasteiger partial charge in [-0.1, -0.05) is 18.2 Å². The van der Waals surface area contributed by atoms with Gasteiger partial charge >= 0.3 is 0 Å². The van der Waals surface area contributed by atoms with Gasteiger partial charge in [0.1, 0.15) is 0 Å². The number of aryl methyl sites for hydroxylation is 2. The molecule has 1 aromatic carbocycles. The van der Waals surface area contributed by atoms with Gasteiger partial charge in [0.15, 0.2) is 0 Å². The Balaban J connectivity index is 2.06. The van der Waals surface area contributed by atoms with Gasteiger partial charge < -0.3 is 0 Å². The third-order valence-corrected chi connectivity index (χ3v) is 3.62. The first-order chi connectivity index (χ1) is 9.59. The van der Waals surface area contributed by atoms with Crippen molar-refractivity contribution >= 4 is 17.4 Å². The fourth-order valence-electron chi connectivity index (χ4n) is 2.52. The number of benzene rings is 1. The van der Waals surface area contributed by atoms with E-state index in [0.717, 1.165) is 16.8 Å². The second-order valence-electron chi connectivity index (χ2n) is 4.96. The molecule has 1 amide bonds. The van der Waals surface area contributed by atoms with Crippen molar-refractivity contribution in [2.24, 2.45) is 0 Å². The maximum atomic E-state index is 12.2. The monoisotopic (exact) mass is 266 g/mol. The average Bonchev–Trinajstić information content (AvgIpc) is 2.68. The summed E-state index contributed by atoms with van der Waals surface area (Å²) in [5, 5.41) is 0. The minimum absolute atomic E-state index is 0.328. The molecule has 0 atom stereocenters. The Bertz CT molecular complexity index is 722. The van der Waals surface area contributed by atoms with Crippen LogP contribution in [0.25, 0.3) is 0 Å². The first kappa shape index (κ1) is 12.5. The lowest BCUT2D eigenvalue weighted by Crippen LogP contribution is -2.30. The number of carbonyl (C=O) groups is 2. The second-order valence-corrected chi connectivity index (χ2v) is 4.96. The fraction of sp³-hybridized carbons (Fsp3) is 0.188. The van der Waals surface area contributed by atoms with Gasteiger partial charge in [0.2, 0.25) is 0 Å². The number of hydrogen-bond acceptors (Lipinski definition) is 3. The molecule has 3 rings (SSSR count). The molecular weight excluding hydrogens is 252 g/mol. The highest BCUT2D eigenvalue weighted by molar-refractivity contribution is 6.52. The lowest BCUT2D eigenvalue weighted by atomic mass is 10.1. The summed E-state index contributed by atoms with van der Waals surface area (Å²) in [5.41, 5.74) is 3.95. The number of amides is 1. The first-order valence-corrected chi connectivity index (χ1v) is 6.46. The smallest absolute Gasteiger partial charge is 0.298 e. The van der Waals surface area contributed by atoms with E-state index in [1.807, 2.05) is 32.0 Å². The maximum absolute atomic E-state index is 12.2. The van der Waals surface area contributed by atoms with Gasteiger partial charge in [0.25, 0.3) is 11.7 Å². The number of anilines is 1. The molecule has 0 saturated heterocycles. The molecule has 0 spiro atoms. The van der Waals surface area contributed by atoms with Crippen molar-refractivity contribution in [2.45, 2.75) is 20.4 Å². The lowest BCUT2D eigenvalue weighted by molar-refractivity contribution is -0.114.